The lowest BCUT2D eigenvalue weighted by molar-refractivity contribution is -0.627. The highest BCUT2D eigenvalue weighted by Gasteiger charge is 2.24. The minimum Gasteiger partial charge on any atom is -0.371 e. The van der Waals surface area contributed by atoms with Crippen molar-refractivity contribution in [3.63, 3.8) is 0 Å². The highest BCUT2D eigenvalue weighted by Crippen LogP contribution is 2.38. The molecule has 0 saturated heterocycles. The van der Waals surface area contributed by atoms with Gasteiger partial charge in [0.2, 0.25) is 0 Å². The van der Waals surface area contributed by atoms with Crippen molar-refractivity contribution in [1.29, 1.82) is 0 Å². The first-order valence-corrected chi connectivity index (χ1v) is 9.81. The summed E-state index contributed by atoms with van der Waals surface area (Å²) in [6, 6.07) is 12.9. The Morgan fingerprint density at radius 3 is 2.44 bits per heavy atom. The van der Waals surface area contributed by atoms with Crippen LogP contribution in [0.25, 0.3) is 10.2 Å². The van der Waals surface area contributed by atoms with Gasteiger partial charge in [0.25, 0.3) is 0 Å². The fraction of sp³-hybridized carbons (Fsp3) is 0.350. The van der Waals surface area contributed by atoms with E-state index in [0.29, 0.717) is 0 Å². The molecular formula is C20H21N4S+. The fourth-order valence-corrected chi connectivity index (χ4v) is 5.09. The summed E-state index contributed by atoms with van der Waals surface area (Å²) in [6.45, 7) is 2.41. The van der Waals surface area contributed by atoms with Gasteiger partial charge in [-0.3, -0.25) is 0 Å². The number of anilines is 1. The van der Waals surface area contributed by atoms with Gasteiger partial charge in [-0.25, -0.2) is 4.57 Å². The molecule has 4 nitrogen and oxygen atoms in total. The van der Waals surface area contributed by atoms with Gasteiger partial charge >= 0.3 is 5.13 Å². The minimum atomic E-state index is 0.939. The smallest absolute Gasteiger partial charge is 0.371 e. The summed E-state index contributed by atoms with van der Waals surface area (Å²) in [4.78, 5) is 2.56. The quantitative estimate of drug-likeness (QED) is 0.481. The van der Waals surface area contributed by atoms with Gasteiger partial charge in [-0.15, -0.1) is 0 Å². The van der Waals surface area contributed by atoms with E-state index >= 15 is 0 Å². The summed E-state index contributed by atoms with van der Waals surface area (Å²) >= 11 is 1.69. The summed E-state index contributed by atoms with van der Waals surface area (Å²) < 4.78 is 3.36. The molecule has 0 amide bonds. The van der Waals surface area contributed by atoms with Crippen LogP contribution in [0.2, 0.25) is 0 Å². The zero-order valence-electron chi connectivity index (χ0n) is 14.4. The molecule has 0 saturated carbocycles. The van der Waals surface area contributed by atoms with Gasteiger partial charge in [-0.2, -0.15) is 0 Å². The number of hydrogen-bond acceptors (Lipinski definition) is 4. The molecule has 0 fully saturated rings. The molecule has 1 aromatic heterocycles. The van der Waals surface area contributed by atoms with Crippen molar-refractivity contribution in [3.8, 4) is 0 Å². The minimum absolute atomic E-state index is 0.939. The zero-order valence-corrected chi connectivity index (χ0v) is 15.2. The maximum Gasteiger partial charge on any atom is 0.409 e. The lowest BCUT2D eigenvalue weighted by Crippen LogP contribution is -2.34. The van der Waals surface area contributed by atoms with Crippen LogP contribution in [0, 0.1) is 0 Å². The highest BCUT2D eigenvalue weighted by molar-refractivity contribution is 7.21. The topological polar surface area (TPSA) is 31.8 Å². The van der Waals surface area contributed by atoms with Gasteiger partial charge in [0, 0.05) is 18.8 Å². The molecule has 2 aromatic carbocycles. The number of hydrogen-bond donors (Lipinski definition) is 0. The lowest BCUT2D eigenvalue weighted by Gasteiger charge is -2.36. The van der Waals surface area contributed by atoms with Crippen molar-refractivity contribution in [2.24, 2.45) is 17.3 Å². The van der Waals surface area contributed by atoms with Crippen molar-refractivity contribution in [3.05, 3.63) is 47.5 Å². The molecule has 2 aliphatic heterocycles. The van der Waals surface area contributed by atoms with E-state index in [1.165, 1.54) is 65.8 Å². The highest BCUT2D eigenvalue weighted by atomic mass is 32.1. The predicted molar refractivity (Wildman–Crippen MR) is 102 cm³/mol. The van der Waals surface area contributed by atoms with E-state index in [1.807, 2.05) is 0 Å². The Bertz CT molecular complexity index is 958. The summed E-state index contributed by atoms with van der Waals surface area (Å²) in [5, 5.41) is 10.1. The molecule has 0 N–H and O–H groups in total. The first kappa shape index (κ1) is 15.0. The van der Waals surface area contributed by atoms with Crippen LogP contribution in [-0.4, -0.2) is 13.1 Å². The van der Waals surface area contributed by atoms with E-state index in [4.69, 9.17) is 0 Å². The Hall–Kier alpha value is -2.27. The Kier molecular flexibility index (Phi) is 3.55. The van der Waals surface area contributed by atoms with Gasteiger partial charge < -0.3 is 4.90 Å². The molecule has 2 aliphatic rings. The van der Waals surface area contributed by atoms with Crippen LogP contribution in [0.1, 0.15) is 24.0 Å². The molecule has 25 heavy (non-hydrogen) atoms. The third kappa shape index (κ3) is 2.54. The summed E-state index contributed by atoms with van der Waals surface area (Å²) in [7, 11) is 2.06. The van der Waals surface area contributed by atoms with Gasteiger partial charge in [-0.05, 0) is 77.5 Å². The molecule has 5 heteroatoms. The van der Waals surface area contributed by atoms with Crippen LogP contribution in [0.3, 0.4) is 0 Å². The Morgan fingerprint density at radius 2 is 1.72 bits per heavy atom. The third-order valence-electron chi connectivity index (χ3n) is 5.28. The van der Waals surface area contributed by atoms with Crippen LogP contribution >= 0.6 is 11.3 Å². The summed E-state index contributed by atoms with van der Waals surface area (Å²) in [5.74, 6) is 0. The zero-order chi connectivity index (χ0) is 16.8. The second kappa shape index (κ2) is 5.92. The van der Waals surface area contributed by atoms with E-state index in [-0.39, 0.29) is 0 Å². The van der Waals surface area contributed by atoms with Crippen molar-refractivity contribution < 1.29 is 4.57 Å². The Labute approximate surface area is 151 Å². The SMILES string of the molecule is C[n+]1c(N=Nc2cc3c4c(c2)CCCN4CCC3)sc2ccccc21. The average molecular weight is 349 g/mol. The average Bonchev–Trinajstić information content (AvgIpc) is 2.97. The first-order valence-electron chi connectivity index (χ1n) is 9.00. The number of rotatable bonds is 2. The molecule has 3 aromatic rings. The molecule has 0 spiro atoms. The standard InChI is InChI=1S/C20H21N4S/c1-23-17-8-2-3-9-18(17)25-20(23)22-21-16-12-14-6-4-10-24-11-5-7-15(13-16)19(14)24/h2-3,8-9,12-13H,4-7,10-11H2,1H3/q+1. The molecule has 5 rings (SSSR count). The van der Waals surface area contributed by atoms with Crippen molar-refractivity contribution in [1.82, 2.24) is 0 Å². The summed E-state index contributed by atoms with van der Waals surface area (Å²) in [6.07, 6.45) is 4.83. The number of para-hydroxylation sites is 1. The molecule has 0 bridgehead atoms. The molecule has 0 unspecified atom stereocenters. The number of nitrogens with zero attached hydrogens (tertiary/aromatic N) is 4. The van der Waals surface area contributed by atoms with Crippen LogP contribution in [0.4, 0.5) is 16.5 Å². The molecule has 3 heterocycles. The molecule has 126 valence electrons. The van der Waals surface area contributed by atoms with Crippen molar-refractivity contribution in [2.75, 3.05) is 18.0 Å². The maximum absolute atomic E-state index is 4.59. The largest absolute Gasteiger partial charge is 0.409 e. The van der Waals surface area contributed by atoms with Gasteiger partial charge in [-0.1, -0.05) is 12.1 Å². The monoisotopic (exact) mass is 349 g/mol. The fourth-order valence-electron chi connectivity index (χ4n) is 4.12. The number of aromatic nitrogens is 1. The second-order valence-electron chi connectivity index (χ2n) is 6.92. The number of azo groups is 1. The third-order valence-corrected chi connectivity index (χ3v) is 6.39. The van der Waals surface area contributed by atoms with E-state index in [9.17, 15) is 0 Å². The number of benzene rings is 2. The first-order chi connectivity index (χ1) is 12.3. The predicted octanol–water partition coefficient (Wildman–Crippen LogP) is 4.84. The van der Waals surface area contributed by atoms with Crippen molar-refractivity contribution in [2.45, 2.75) is 25.7 Å². The molecule has 0 aliphatic carbocycles. The van der Waals surface area contributed by atoms with Gasteiger partial charge in [0.15, 0.2) is 0 Å². The van der Waals surface area contributed by atoms with Crippen LogP contribution < -0.4 is 9.47 Å². The van der Waals surface area contributed by atoms with E-state index in [0.717, 1.165) is 10.8 Å². The Balaban J connectivity index is 1.53. The number of fused-ring (bicyclic) bond motifs is 1. The molecular weight excluding hydrogens is 328 g/mol. The van der Waals surface area contributed by atoms with E-state index in [2.05, 4.69) is 63.1 Å². The maximum atomic E-state index is 4.59. The Morgan fingerprint density at radius 1 is 1.00 bits per heavy atom. The molecule has 0 radical (unpaired) electrons. The lowest BCUT2D eigenvalue weighted by atomic mass is 9.91. The molecule has 0 atom stereocenters. The normalized spacial score (nSPS) is 16.6. The van der Waals surface area contributed by atoms with Crippen LogP contribution in [0.15, 0.2) is 46.6 Å². The van der Waals surface area contributed by atoms with Crippen LogP contribution in [0.5, 0.6) is 0 Å². The number of thiazole rings is 1. The summed E-state index contributed by atoms with van der Waals surface area (Å²) in [5.41, 5.74) is 6.60. The van der Waals surface area contributed by atoms with Gasteiger partial charge in [0.1, 0.15) is 11.2 Å². The van der Waals surface area contributed by atoms with Crippen molar-refractivity contribution >= 4 is 38.1 Å². The second-order valence-corrected chi connectivity index (χ2v) is 7.93. The van der Waals surface area contributed by atoms with E-state index < -0.39 is 0 Å². The number of aryl methyl sites for hydroxylation is 3. The van der Waals surface area contributed by atoms with E-state index in [1.54, 1.807) is 11.3 Å². The van der Waals surface area contributed by atoms with Gasteiger partial charge in [0.05, 0.1) is 16.9 Å². The van der Waals surface area contributed by atoms with Crippen LogP contribution in [-0.2, 0) is 19.9 Å².